The number of ether oxygens (including phenoxy) is 2. The van der Waals surface area contributed by atoms with Crippen molar-refractivity contribution in [2.75, 3.05) is 6.61 Å². The zero-order chi connectivity index (χ0) is 14.1. The minimum Gasteiger partial charge on any atom is -0.461 e. The molecule has 0 amide bonds. The van der Waals surface area contributed by atoms with Crippen LogP contribution in [0.5, 0.6) is 0 Å². The van der Waals surface area contributed by atoms with Crippen LogP contribution in [-0.2, 0) is 19.1 Å². The first-order valence-electron chi connectivity index (χ1n) is 5.93. The Hall–Kier alpha value is -1.58. The van der Waals surface area contributed by atoms with Gasteiger partial charge in [-0.3, -0.25) is 9.59 Å². The Balaban J connectivity index is 4.43. The molecule has 0 saturated heterocycles. The second kappa shape index (κ2) is 8.50. The van der Waals surface area contributed by atoms with Crippen molar-refractivity contribution >= 4 is 11.9 Å². The SMILES string of the molecule is C=C(C)CCC(C=C(C)COC(C)=O)OC(C)=O. The summed E-state index contributed by atoms with van der Waals surface area (Å²) in [5, 5.41) is 0. The summed E-state index contributed by atoms with van der Waals surface area (Å²) in [7, 11) is 0. The molecule has 0 aromatic rings. The topological polar surface area (TPSA) is 52.6 Å². The van der Waals surface area contributed by atoms with Crippen molar-refractivity contribution in [3.63, 3.8) is 0 Å². The third kappa shape index (κ3) is 9.63. The van der Waals surface area contributed by atoms with Crippen molar-refractivity contribution in [3.8, 4) is 0 Å². The summed E-state index contributed by atoms with van der Waals surface area (Å²) in [6.45, 7) is 10.5. The summed E-state index contributed by atoms with van der Waals surface area (Å²) in [6.07, 6.45) is 2.99. The zero-order valence-electron chi connectivity index (χ0n) is 11.6. The Morgan fingerprint density at radius 1 is 1.17 bits per heavy atom. The van der Waals surface area contributed by atoms with Crippen LogP contribution in [0.1, 0.15) is 40.5 Å². The summed E-state index contributed by atoms with van der Waals surface area (Å²) >= 11 is 0. The fourth-order valence-corrected chi connectivity index (χ4v) is 1.36. The van der Waals surface area contributed by atoms with E-state index in [1.807, 2.05) is 19.9 Å². The molecule has 0 aromatic carbocycles. The highest BCUT2D eigenvalue weighted by atomic mass is 16.5. The first-order chi connectivity index (χ1) is 8.31. The van der Waals surface area contributed by atoms with Gasteiger partial charge >= 0.3 is 11.9 Å². The van der Waals surface area contributed by atoms with Gasteiger partial charge in [0.25, 0.3) is 0 Å². The lowest BCUT2D eigenvalue weighted by molar-refractivity contribution is -0.144. The van der Waals surface area contributed by atoms with Crippen LogP contribution in [0.2, 0.25) is 0 Å². The van der Waals surface area contributed by atoms with Gasteiger partial charge in [0.1, 0.15) is 12.7 Å². The molecular weight excluding hydrogens is 232 g/mol. The number of rotatable bonds is 7. The second-order valence-corrected chi connectivity index (χ2v) is 4.44. The lowest BCUT2D eigenvalue weighted by atomic mass is 10.1. The largest absolute Gasteiger partial charge is 0.461 e. The minimum atomic E-state index is -0.325. The molecule has 4 nitrogen and oxygen atoms in total. The molecule has 0 aliphatic heterocycles. The highest BCUT2D eigenvalue weighted by molar-refractivity contribution is 5.66. The number of hydrogen-bond acceptors (Lipinski definition) is 4. The van der Waals surface area contributed by atoms with Crippen molar-refractivity contribution in [3.05, 3.63) is 23.8 Å². The Labute approximate surface area is 109 Å². The quantitative estimate of drug-likeness (QED) is 0.518. The molecule has 0 saturated carbocycles. The molecule has 1 unspecified atom stereocenters. The van der Waals surface area contributed by atoms with Crippen LogP contribution in [-0.4, -0.2) is 24.6 Å². The molecule has 0 heterocycles. The third-order valence-corrected chi connectivity index (χ3v) is 2.15. The number of hydrogen-bond donors (Lipinski definition) is 0. The molecule has 4 heteroatoms. The first kappa shape index (κ1) is 16.4. The maximum absolute atomic E-state index is 11.0. The molecular formula is C14H22O4. The van der Waals surface area contributed by atoms with E-state index in [0.29, 0.717) is 6.42 Å². The van der Waals surface area contributed by atoms with E-state index < -0.39 is 0 Å². The van der Waals surface area contributed by atoms with Crippen LogP contribution < -0.4 is 0 Å². The van der Waals surface area contributed by atoms with E-state index >= 15 is 0 Å². The Bertz CT molecular complexity index is 342. The van der Waals surface area contributed by atoms with Gasteiger partial charge < -0.3 is 9.47 Å². The molecule has 0 fully saturated rings. The molecule has 18 heavy (non-hydrogen) atoms. The van der Waals surface area contributed by atoms with Crippen molar-refractivity contribution in [1.82, 2.24) is 0 Å². The molecule has 0 aliphatic rings. The number of carbonyl (C=O) groups is 2. The average Bonchev–Trinajstić information content (AvgIpc) is 2.22. The molecule has 1 atom stereocenters. The van der Waals surface area contributed by atoms with Gasteiger partial charge in [0.2, 0.25) is 0 Å². The molecule has 0 N–H and O–H groups in total. The number of esters is 2. The standard InChI is InChI=1S/C14H22O4/c1-10(2)6-7-14(18-13(5)16)8-11(3)9-17-12(4)15/h8,14H,1,6-7,9H2,2-5H3. The van der Waals surface area contributed by atoms with E-state index in [1.54, 1.807) is 0 Å². The molecule has 0 radical (unpaired) electrons. The first-order valence-corrected chi connectivity index (χ1v) is 5.93. The van der Waals surface area contributed by atoms with E-state index in [0.717, 1.165) is 17.6 Å². The van der Waals surface area contributed by atoms with Gasteiger partial charge in [-0.25, -0.2) is 0 Å². The monoisotopic (exact) mass is 254 g/mol. The maximum atomic E-state index is 11.0. The van der Waals surface area contributed by atoms with Gasteiger partial charge in [0.05, 0.1) is 0 Å². The van der Waals surface area contributed by atoms with E-state index in [2.05, 4.69) is 6.58 Å². The fourth-order valence-electron chi connectivity index (χ4n) is 1.36. The lowest BCUT2D eigenvalue weighted by Gasteiger charge is -2.14. The van der Waals surface area contributed by atoms with Gasteiger partial charge in [0.15, 0.2) is 0 Å². The van der Waals surface area contributed by atoms with Gasteiger partial charge in [-0.15, -0.1) is 6.58 Å². The van der Waals surface area contributed by atoms with Crippen molar-refractivity contribution in [2.45, 2.75) is 46.6 Å². The second-order valence-electron chi connectivity index (χ2n) is 4.44. The summed E-state index contributed by atoms with van der Waals surface area (Å²) in [5.41, 5.74) is 1.90. The van der Waals surface area contributed by atoms with E-state index in [4.69, 9.17) is 9.47 Å². The Morgan fingerprint density at radius 2 is 1.78 bits per heavy atom. The summed E-state index contributed by atoms with van der Waals surface area (Å²) in [4.78, 5) is 21.7. The van der Waals surface area contributed by atoms with Crippen LogP contribution >= 0.6 is 0 Å². The normalized spacial score (nSPS) is 12.8. The molecule has 0 spiro atoms. The summed E-state index contributed by atoms with van der Waals surface area (Å²) in [5.74, 6) is -0.646. The number of allylic oxidation sites excluding steroid dienone is 1. The minimum absolute atomic E-state index is 0.222. The highest BCUT2D eigenvalue weighted by Crippen LogP contribution is 2.12. The molecule has 0 aromatic heterocycles. The van der Waals surface area contributed by atoms with E-state index in [1.165, 1.54) is 13.8 Å². The summed E-state index contributed by atoms with van der Waals surface area (Å²) < 4.78 is 10.1. The predicted octanol–water partition coefficient (Wildman–Crippen LogP) is 2.78. The smallest absolute Gasteiger partial charge is 0.303 e. The van der Waals surface area contributed by atoms with Crippen LogP contribution in [0.3, 0.4) is 0 Å². The fraction of sp³-hybridized carbons (Fsp3) is 0.571. The Morgan fingerprint density at radius 3 is 2.22 bits per heavy atom. The van der Waals surface area contributed by atoms with Gasteiger partial charge in [-0.05, 0) is 38.3 Å². The summed E-state index contributed by atoms with van der Waals surface area (Å²) in [6, 6.07) is 0. The van der Waals surface area contributed by atoms with Crippen LogP contribution in [0.25, 0.3) is 0 Å². The van der Waals surface area contributed by atoms with Crippen molar-refractivity contribution in [2.24, 2.45) is 0 Å². The Kier molecular flexibility index (Phi) is 7.76. The highest BCUT2D eigenvalue weighted by Gasteiger charge is 2.10. The van der Waals surface area contributed by atoms with Gasteiger partial charge in [-0.2, -0.15) is 0 Å². The number of carbonyl (C=O) groups excluding carboxylic acids is 2. The predicted molar refractivity (Wildman–Crippen MR) is 70.0 cm³/mol. The lowest BCUT2D eigenvalue weighted by Crippen LogP contribution is -2.15. The van der Waals surface area contributed by atoms with Gasteiger partial charge in [-0.1, -0.05) is 5.57 Å². The molecule has 0 rings (SSSR count). The zero-order valence-corrected chi connectivity index (χ0v) is 11.6. The molecule has 102 valence electrons. The van der Waals surface area contributed by atoms with Crippen molar-refractivity contribution in [1.29, 1.82) is 0 Å². The van der Waals surface area contributed by atoms with E-state index in [9.17, 15) is 9.59 Å². The molecule has 0 aliphatic carbocycles. The van der Waals surface area contributed by atoms with Crippen LogP contribution in [0.4, 0.5) is 0 Å². The van der Waals surface area contributed by atoms with Crippen molar-refractivity contribution < 1.29 is 19.1 Å². The third-order valence-electron chi connectivity index (χ3n) is 2.15. The molecule has 0 bridgehead atoms. The average molecular weight is 254 g/mol. The van der Waals surface area contributed by atoms with E-state index in [-0.39, 0.29) is 24.6 Å². The van der Waals surface area contributed by atoms with Gasteiger partial charge in [0, 0.05) is 13.8 Å². The maximum Gasteiger partial charge on any atom is 0.303 e. The van der Waals surface area contributed by atoms with Crippen LogP contribution in [0, 0.1) is 0 Å². The van der Waals surface area contributed by atoms with Crippen LogP contribution in [0.15, 0.2) is 23.8 Å².